The first kappa shape index (κ1) is 16.0. The van der Waals surface area contributed by atoms with Crippen LogP contribution in [-0.4, -0.2) is 29.1 Å². The van der Waals surface area contributed by atoms with Gasteiger partial charge in [0, 0.05) is 28.1 Å². The fourth-order valence-corrected chi connectivity index (χ4v) is 2.90. The number of aliphatic hydroxyl groups is 1. The molecular weight excluding hydrogens is 354 g/mol. The highest BCUT2D eigenvalue weighted by atomic mass is 79.9. The van der Waals surface area contributed by atoms with Crippen LogP contribution in [0.5, 0.6) is 0 Å². The minimum absolute atomic E-state index is 0.0830. The Morgan fingerprint density at radius 1 is 1.19 bits per heavy atom. The van der Waals surface area contributed by atoms with Crippen LogP contribution in [-0.2, 0) is 6.54 Å². The van der Waals surface area contributed by atoms with Gasteiger partial charge in [0.15, 0.2) is 0 Å². The first-order chi connectivity index (χ1) is 10.1. The summed E-state index contributed by atoms with van der Waals surface area (Å²) in [5.74, 6) is -0.156. The van der Waals surface area contributed by atoms with Crippen LogP contribution in [0.4, 0.5) is 0 Å². The molecular formula is C16H15BrClNO2. The lowest BCUT2D eigenvalue weighted by Gasteiger charge is -2.22. The molecule has 0 aliphatic heterocycles. The molecule has 0 bridgehead atoms. The molecule has 0 spiro atoms. The lowest BCUT2D eigenvalue weighted by Crippen LogP contribution is -2.33. The van der Waals surface area contributed by atoms with Crippen molar-refractivity contribution in [2.45, 2.75) is 6.54 Å². The van der Waals surface area contributed by atoms with Crippen LogP contribution in [0.15, 0.2) is 53.0 Å². The third kappa shape index (κ3) is 4.56. The predicted molar refractivity (Wildman–Crippen MR) is 87.4 cm³/mol. The average molecular weight is 369 g/mol. The molecule has 0 saturated carbocycles. The van der Waals surface area contributed by atoms with Crippen molar-refractivity contribution < 1.29 is 9.90 Å². The molecule has 0 fully saturated rings. The molecule has 2 rings (SSSR count). The molecule has 0 aromatic heterocycles. The summed E-state index contributed by atoms with van der Waals surface area (Å²) in [5.41, 5.74) is 1.51. The first-order valence-corrected chi connectivity index (χ1v) is 7.67. The first-order valence-electron chi connectivity index (χ1n) is 6.50. The number of amides is 1. The van der Waals surface area contributed by atoms with E-state index in [9.17, 15) is 9.90 Å². The molecule has 1 N–H and O–H groups in total. The van der Waals surface area contributed by atoms with Gasteiger partial charge in [-0.05, 0) is 23.8 Å². The monoisotopic (exact) mass is 367 g/mol. The van der Waals surface area contributed by atoms with Gasteiger partial charge >= 0.3 is 0 Å². The van der Waals surface area contributed by atoms with Gasteiger partial charge in [0.25, 0.3) is 5.91 Å². The van der Waals surface area contributed by atoms with Crippen molar-refractivity contribution in [2.75, 3.05) is 13.2 Å². The molecule has 0 atom stereocenters. The summed E-state index contributed by atoms with van der Waals surface area (Å²) in [4.78, 5) is 14.2. The van der Waals surface area contributed by atoms with Crippen molar-refractivity contribution in [3.8, 4) is 0 Å². The van der Waals surface area contributed by atoms with Crippen molar-refractivity contribution in [1.29, 1.82) is 0 Å². The van der Waals surface area contributed by atoms with Gasteiger partial charge in [0.1, 0.15) is 0 Å². The number of carbonyl (C=O) groups excluding carboxylic acids is 1. The average Bonchev–Trinajstić information content (AvgIpc) is 2.46. The van der Waals surface area contributed by atoms with Crippen LogP contribution in [0.1, 0.15) is 15.9 Å². The van der Waals surface area contributed by atoms with Crippen LogP contribution >= 0.6 is 27.5 Å². The van der Waals surface area contributed by atoms with E-state index in [1.807, 2.05) is 30.3 Å². The maximum absolute atomic E-state index is 12.6. The van der Waals surface area contributed by atoms with Gasteiger partial charge in [-0.3, -0.25) is 4.79 Å². The third-order valence-electron chi connectivity index (χ3n) is 2.98. The topological polar surface area (TPSA) is 40.5 Å². The standard InChI is InChI=1S/C16H15BrClNO2/c17-14-8-13(9-15(18)10-14)16(21)19(6-7-20)11-12-4-2-1-3-5-12/h1-5,8-10,20H,6-7,11H2. The Morgan fingerprint density at radius 3 is 2.52 bits per heavy atom. The van der Waals surface area contributed by atoms with Crippen molar-refractivity contribution in [2.24, 2.45) is 0 Å². The maximum Gasteiger partial charge on any atom is 0.254 e. The van der Waals surface area contributed by atoms with Gasteiger partial charge in [-0.1, -0.05) is 57.9 Å². The van der Waals surface area contributed by atoms with Crippen molar-refractivity contribution in [3.05, 3.63) is 69.2 Å². The summed E-state index contributed by atoms with van der Waals surface area (Å²) in [6.45, 7) is 0.641. The summed E-state index contributed by atoms with van der Waals surface area (Å²) in [6.07, 6.45) is 0. The van der Waals surface area contributed by atoms with E-state index < -0.39 is 0 Å². The largest absolute Gasteiger partial charge is 0.395 e. The van der Waals surface area contributed by atoms with E-state index in [1.54, 1.807) is 23.1 Å². The molecule has 0 heterocycles. The number of halogens is 2. The van der Waals surface area contributed by atoms with E-state index in [2.05, 4.69) is 15.9 Å². The number of aliphatic hydroxyl groups excluding tert-OH is 1. The molecule has 21 heavy (non-hydrogen) atoms. The summed E-state index contributed by atoms with van der Waals surface area (Å²) in [7, 11) is 0. The van der Waals surface area contributed by atoms with Crippen molar-refractivity contribution in [1.82, 2.24) is 4.90 Å². The van der Waals surface area contributed by atoms with E-state index >= 15 is 0 Å². The zero-order valence-electron chi connectivity index (χ0n) is 11.3. The smallest absolute Gasteiger partial charge is 0.254 e. The van der Waals surface area contributed by atoms with Crippen molar-refractivity contribution in [3.63, 3.8) is 0 Å². The van der Waals surface area contributed by atoms with Crippen molar-refractivity contribution >= 4 is 33.4 Å². The number of benzene rings is 2. The van der Waals surface area contributed by atoms with Gasteiger partial charge < -0.3 is 10.0 Å². The predicted octanol–water partition coefficient (Wildman–Crippen LogP) is 3.74. The van der Waals surface area contributed by atoms with Gasteiger partial charge in [0.05, 0.1) is 6.61 Å². The Kier molecular flexibility index (Phi) is 5.79. The minimum Gasteiger partial charge on any atom is -0.395 e. The normalized spacial score (nSPS) is 10.4. The Morgan fingerprint density at radius 2 is 1.90 bits per heavy atom. The van der Waals surface area contributed by atoms with Crippen LogP contribution in [0.2, 0.25) is 5.02 Å². The van der Waals surface area contributed by atoms with E-state index in [4.69, 9.17) is 11.6 Å². The Balaban J connectivity index is 2.22. The summed E-state index contributed by atoms with van der Waals surface area (Å²) in [5, 5.41) is 9.69. The quantitative estimate of drug-likeness (QED) is 0.873. The fourth-order valence-electron chi connectivity index (χ4n) is 2.04. The molecule has 0 radical (unpaired) electrons. The molecule has 0 saturated heterocycles. The zero-order valence-corrected chi connectivity index (χ0v) is 13.6. The van der Waals surface area contributed by atoms with Crippen LogP contribution in [0.25, 0.3) is 0 Å². The Labute approximate surface area is 137 Å². The SMILES string of the molecule is O=C(c1cc(Cl)cc(Br)c1)N(CCO)Cc1ccccc1. The second-order valence-corrected chi connectivity index (χ2v) is 5.95. The Hall–Kier alpha value is -1.36. The minimum atomic E-state index is -0.156. The fraction of sp³-hybridized carbons (Fsp3) is 0.188. The maximum atomic E-state index is 12.6. The third-order valence-corrected chi connectivity index (χ3v) is 3.66. The van der Waals surface area contributed by atoms with E-state index in [1.165, 1.54) is 0 Å². The van der Waals surface area contributed by atoms with Crippen LogP contribution in [0, 0.1) is 0 Å². The van der Waals surface area contributed by atoms with Gasteiger partial charge in [-0.2, -0.15) is 0 Å². The number of carbonyl (C=O) groups is 1. The lowest BCUT2D eigenvalue weighted by molar-refractivity contribution is 0.0708. The number of rotatable bonds is 5. The second-order valence-electron chi connectivity index (χ2n) is 4.59. The number of hydrogen-bond acceptors (Lipinski definition) is 2. The molecule has 110 valence electrons. The van der Waals surface area contributed by atoms with Gasteiger partial charge in [-0.15, -0.1) is 0 Å². The highest BCUT2D eigenvalue weighted by molar-refractivity contribution is 9.10. The van der Waals surface area contributed by atoms with Gasteiger partial charge in [0.2, 0.25) is 0 Å². The summed E-state index contributed by atoms with van der Waals surface area (Å²) >= 11 is 9.32. The molecule has 3 nitrogen and oxygen atoms in total. The van der Waals surface area contributed by atoms with Crippen LogP contribution < -0.4 is 0 Å². The lowest BCUT2D eigenvalue weighted by atomic mass is 10.1. The van der Waals surface area contributed by atoms with E-state index in [0.29, 0.717) is 17.1 Å². The highest BCUT2D eigenvalue weighted by Crippen LogP contribution is 2.21. The molecule has 0 unspecified atom stereocenters. The number of nitrogens with zero attached hydrogens (tertiary/aromatic N) is 1. The molecule has 0 aliphatic carbocycles. The molecule has 5 heteroatoms. The molecule has 2 aromatic carbocycles. The Bertz CT molecular complexity index is 599. The molecule has 1 amide bonds. The second kappa shape index (κ2) is 7.59. The van der Waals surface area contributed by atoms with E-state index in [-0.39, 0.29) is 19.1 Å². The van der Waals surface area contributed by atoms with E-state index in [0.717, 1.165) is 10.0 Å². The number of hydrogen-bond donors (Lipinski definition) is 1. The summed E-state index contributed by atoms with van der Waals surface area (Å²) in [6, 6.07) is 14.8. The molecule has 2 aromatic rings. The summed E-state index contributed by atoms with van der Waals surface area (Å²) < 4.78 is 0.752. The van der Waals surface area contributed by atoms with Crippen LogP contribution in [0.3, 0.4) is 0 Å². The highest BCUT2D eigenvalue weighted by Gasteiger charge is 2.16. The molecule has 0 aliphatic rings. The zero-order chi connectivity index (χ0) is 15.2. The van der Waals surface area contributed by atoms with Gasteiger partial charge in [-0.25, -0.2) is 0 Å².